The molecule has 1 aromatic carbocycles. The van der Waals surface area contributed by atoms with Crippen LogP contribution in [0.2, 0.25) is 0 Å². The summed E-state index contributed by atoms with van der Waals surface area (Å²) in [4.78, 5) is 11.5. The van der Waals surface area contributed by atoms with Crippen LogP contribution >= 0.6 is 0 Å². The van der Waals surface area contributed by atoms with Gasteiger partial charge in [-0.25, -0.2) is 4.79 Å². The molecule has 1 fully saturated rings. The van der Waals surface area contributed by atoms with Crippen molar-refractivity contribution >= 4 is 11.0 Å². The molecular formula is C24H30O4. The lowest BCUT2D eigenvalue weighted by molar-refractivity contribution is -0.119. The molecule has 4 heteroatoms. The Balaban J connectivity index is 1.59. The second kappa shape index (κ2) is 6.77. The molecule has 2 aliphatic carbocycles. The van der Waals surface area contributed by atoms with E-state index in [0.717, 1.165) is 30.4 Å². The maximum Gasteiger partial charge on any atom is 0.336 e. The Morgan fingerprint density at radius 3 is 2.75 bits per heavy atom. The summed E-state index contributed by atoms with van der Waals surface area (Å²) >= 11 is 0. The van der Waals surface area contributed by atoms with Crippen LogP contribution in [0.3, 0.4) is 0 Å². The van der Waals surface area contributed by atoms with Crippen LogP contribution in [-0.4, -0.2) is 17.8 Å². The first-order valence-electron chi connectivity index (χ1n) is 10.2. The summed E-state index contributed by atoms with van der Waals surface area (Å²) < 4.78 is 11.5. The zero-order valence-electron chi connectivity index (χ0n) is 17.2. The molecule has 28 heavy (non-hydrogen) atoms. The molecule has 4 nitrogen and oxygen atoms in total. The maximum absolute atomic E-state index is 11.5. The number of allylic oxidation sites excluding steroid dienone is 1. The topological polar surface area (TPSA) is 59.7 Å². The smallest absolute Gasteiger partial charge is 0.336 e. The first-order chi connectivity index (χ1) is 13.2. The fourth-order valence-electron chi connectivity index (χ4n) is 5.66. The third kappa shape index (κ3) is 3.08. The lowest BCUT2D eigenvalue weighted by atomic mass is 9.48. The van der Waals surface area contributed by atoms with Gasteiger partial charge in [-0.3, -0.25) is 0 Å². The van der Waals surface area contributed by atoms with Crippen molar-refractivity contribution in [2.75, 3.05) is 6.61 Å². The molecule has 0 bridgehead atoms. The molecule has 4 rings (SSSR count). The van der Waals surface area contributed by atoms with Gasteiger partial charge < -0.3 is 14.3 Å². The normalized spacial score (nSPS) is 31.9. The number of aliphatic hydroxyl groups is 1. The van der Waals surface area contributed by atoms with Crippen LogP contribution in [0.5, 0.6) is 5.75 Å². The Kier molecular flexibility index (Phi) is 4.65. The molecule has 2 aliphatic rings. The molecule has 0 amide bonds. The summed E-state index contributed by atoms with van der Waals surface area (Å²) in [5.41, 5.74) is 1.57. The number of fused-ring (bicyclic) bond motifs is 2. The van der Waals surface area contributed by atoms with Crippen molar-refractivity contribution in [3.05, 3.63) is 52.4 Å². The predicted molar refractivity (Wildman–Crippen MR) is 110 cm³/mol. The van der Waals surface area contributed by atoms with E-state index in [1.54, 1.807) is 12.1 Å². The van der Waals surface area contributed by atoms with Crippen LogP contribution in [-0.2, 0) is 0 Å². The number of ether oxygens (including phenoxy) is 1. The SMILES string of the molecule is CC1=CCC2C(C)(C)C(O)CC[C@]2(C)C1COc1ccc2ccc(=O)oc2c1. The molecule has 1 N–H and O–H groups in total. The van der Waals surface area contributed by atoms with Crippen LogP contribution in [0, 0.1) is 22.7 Å². The summed E-state index contributed by atoms with van der Waals surface area (Å²) in [6.45, 7) is 9.57. The molecule has 1 aromatic heterocycles. The van der Waals surface area contributed by atoms with E-state index in [1.807, 2.05) is 12.1 Å². The van der Waals surface area contributed by atoms with E-state index in [9.17, 15) is 9.90 Å². The molecule has 2 aromatic rings. The highest BCUT2D eigenvalue weighted by Crippen LogP contribution is 2.59. The van der Waals surface area contributed by atoms with Gasteiger partial charge in [-0.05, 0) is 61.1 Å². The van der Waals surface area contributed by atoms with Gasteiger partial charge in [0.05, 0.1) is 12.7 Å². The minimum atomic E-state index is -0.353. The van der Waals surface area contributed by atoms with Crippen LogP contribution in [0.25, 0.3) is 11.0 Å². The van der Waals surface area contributed by atoms with E-state index in [-0.39, 0.29) is 22.6 Å². The van der Waals surface area contributed by atoms with Gasteiger partial charge in [0.2, 0.25) is 0 Å². The van der Waals surface area contributed by atoms with Gasteiger partial charge in [0.15, 0.2) is 0 Å². The van der Waals surface area contributed by atoms with E-state index in [1.165, 1.54) is 11.6 Å². The highest BCUT2D eigenvalue weighted by molar-refractivity contribution is 5.77. The maximum atomic E-state index is 11.5. The molecule has 3 unspecified atom stereocenters. The van der Waals surface area contributed by atoms with Crippen molar-refractivity contribution in [2.45, 2.75) is 53.1 Å². The van der Waals surface area contributed by atoms with E-state index >= 15 is 0 Å². The van der Waals surface area contributed by atoms with Crippen LogP contribution in [0.15, 0.2) is 51.2 Å². The minimum Gasteiger partial charge on any atom is -0.493 e. The fraction of sp³-hybridized carbons (Fsp3) is 0.542. The highest BCUT2D eigenvalue weighted by atomic mass is 16.5. The number of rotatable bonds is 3. The molecule has 150 valence electrons. The van der Waals surface area contributed by atoms with Crippen LogP contribution in [0.4, 0.5) is 0 Å². The Morgan fingerprint density at radius 1 is 1.21 bits per heavy atom. The zero-order valence-corrected chi connectivity index (χ0v) is 17.2. The van der Waals surface area contributed by atoms with Gasteiger partial charge in [-0.1, -0.05) is 32.4 Å². The minimum absolute atomic E-state index is 0.102. The van der Waals surface area contributed by atoms with Gasteiger partial charge in [-0.15, -0.1) is 0 Å². The Bertz CT molecular complexity index is 970. The molecule has 0 saturated heterocycles. The summed E-state index contributed by atoms with van der Waals surface area (Å²) in [5, 5.41) is 11.5. The van der Waals surface area contributed by atoms with Crippen molar-refractivity contribution in [3.63, 3.8) is 0 Å². The molecule has 0 radical (unpaired) electrons. The molecule has 4 atom stereocenters. The predicted octanol–water partition coefficient (Wildman–Crippen LogP) is 4.94. The Hall–Kier alpha value is -2.07. The van der Waals surface area contributed by atoms with E-state index < -0.39 is 0 Å². The summed E-state index contributed by atoms with van der Waals surface area (Å²) in [6.07, 6.45) is 4.95. The standard InChI is InChI=1S/C24H30O4/c1-15-5-9-20-23(2,3)21(25)11-12-24(20,4)18(15)14-27-17-8-6-16-7-10-22(26)28-19(16)13-17/h5-8,10,13,18,20-21,25H,9,11-12,14H2,1-4H3/t18?,20?,21?,24-/m1/s1. The van der Waals surface area contributed by atoms with Crippen molar-refractivity contribution in [2.24, 2.45) is 22.7 Å². The van der Waals surface area contributed by atoms with Crippen LogP contribution < -0.4 is 10.4 Å². The monoisotopic (exact) mass is 382 g/mol. The lowest BCUT2D eigenvalue weighted by Gasteiger charge is -2.58. The zero-order chi connectivity index (χ0) is 20.1. The van der Waals surface area contributed by atoms with Crippen molar-refractivity contribution < 1.29 is 14.3 Å². The second-order valence-corrected chi connectivity index (χ2v) is 9.44. The van der Waals surface area contributed by atoms with Gasteiger partial charge in [0.1, 0.15) is 11.3 Å². The number of hydrogen-bond donors (Lipinski definition) is 1. The Labute approximate surface area is 166 Å². The molecule has 1 saturated carbocycles. The highest BCUT2D eigenvalue weighted by Gasteiger charge is 2.55. The third-order valence-corrected chi connectivity index (χ3v) is 7.54. The van der Waals surface area contributed by atoms with Crippen molar-refractivity contribution in [3.8, 4) is 5.75 Å². The number of aliphatic hydroxyl groups excluding tert-OH is 1. The molecule has 0 spiro atoms. The quantitative estimate of drug-likeness (QED) is 0.603. The third-order valence-electron chi connectivity index (χ3n) is 7.54. The number of benzene rings is 1. The van der Waals surface area contributed by atoms with Crippen molar-refractivity contribution in [1.82, 2.24) is 0 Å². The second-order valence-electron chi connectivity index (χ2n) is 9.44. The largest absolute Gasteiger partial charge is 0.493 e. The first-order valence-corrected chi connectivity index (χ1v) is 10.2. The van der Waals surface area contributed by atoms with E-state index in [4.69, 9.17) is 9.15 Å². The Morgan fingerprint density at radius 2 is 1.96 bits per heavy atom. The average Bonchev–Trinajstić information content (AvgIpc) is 2.64. The van der Waals surface area contributed by atoms with E-state index in [2.05, 4.69) is 33.8 Å². The van der Waals surface area contributed by atoms with Crippen molar-refractivity contribution in [1.29, 1.82) is 0 Å². The van der Waals surface area contributed by atoms with Crippen LogP contribution in [0.1, 0.15) is 47.0 Å². The average molecular weight is 383 g/mol. The van der Waals surface area contributed by atoms with E-state index in [0.29, 0.717) is 24.0 Å². The fourth-order valence-corrected chi connectivity index (χ4v) is 5.66. The van der Waals surface area contributed by atoms with Gasteiger partial charge in [-0.2, -0.15) is 0 Å². The molecule has 1 heterocycles. The summed E-state index contributed by atoms with van der Waals surface area (Å²) in [6, 6.07) is 8.84. The summed E-state index contributed by atoms with van der Waals surface area (Å²) in [5.74, 6) is 1.45. The summed E-state index contributed by atoms with van der Waals surface area (Å²) in [7, 11) is 0. The number of hydrogen-bond acceptors (Lipinski definition) is 4. The first kappa shape index (κ1) is 19.3. The molecule has 0 aliphatic heterocycles. The lowest BCUT2D eigenvalue weighted by Crippen LogP contribution is -2.55. The molecular weight excluding hydrogens is 352 g/mol. The van der Waals surface area contributed by atoms with Gasteiger partial charge >= 0.3 is 5.63 Å². The van der Waals surface area contributed by atoms with Gasteiger partial charge in [0, 0.05) is 23.4 Å². The van der Waals surface area contributed by atoms with Gasteiger partial charge in [0.25, 0.3) is 0 Å².